The molecule has 4 aromatic rings. The molecule has 0 aliphatic heterocycles. The maximum absolute atomic E-state index is 5.11. The van der Waals surface area contributed by atoms with Crippen LogP contribution >= 0.6 is 0 Å². The molecule has 0 fully saturated rings. The third-order valence-corrected chi connectivity index (χ3v) is 5.14. The number of aromatic nitrogens is 2. The molecular formula is C25H26N2. The first-order valence-corrected chi connectivity index (χ1v) is 9.79. The summed E-state index contributed by atoms with van der Waals surface area (Å²) in [6, 6.07) is 30.0. The van der Waals surface area contributed by atoms with Gasteiger partial charge in [-0.25, -0.2) is 4.98 Å². The molecule has 0 aliphatic carbocycles. The Labute approximate surface area is 161 Å². The predicted octanol–water partition coefficient (Wildman–Crippen LogP) is 6.26. The summed E-state index contributed by atoms with van der Waals surface area (Å²) in [5.41, 5.74) is 4.87. The first kappa shape index (κ1) is 17.5. The van der Waals surface area contributed by atoms with Crippen molar-refractivity contribution in [3.05, 3.63) is 102 Å². The Morgan fingerprint density at radius 2 is 1.30 bits per heavy atom. The molecule has 1 heterocycles. The van der Waals surface area contributed by atoms with Gasteiger partial charge in [-0.1, -0.05) is 86.6 Å². The van der Waals surface area contributed by atoms with Crippen LogP contribution in [-0.4, -0.2) is 9.55 Å². The van der Waals surface area contributed by atoms with Gasteiger partial charge in [0.05, 0.1) is 17.0 Å². The van der Waals surface area contributed by atoms with Crippen LogP contribution in [0.3, 0.4) is 0 Å². The lowest BCUT2D eigenvalue weighted by Crippen LogP contribution is -2.13. The third-order valence-electron chi connectivity index (χ3n) is 5.14. The van der Waals surface area contributed by atoms with Crippen molar-refractivity contribution in [1.29, 1.82) is 0 Å². The number of hydrogen-bond acceptors (Lipinski definition) is 1. The monoisotopic (exact) mass is 354 g/mol. The zero-order valence-electron chi connectivity index (χ0n) is 16.0. The summed E-state index contributed by atoms with van der Waals surface area (Å²) in [5.74, 6) is 1.92. The SMILES string of the molecule is CC(C)CCn1c(C(c2ccccc2)c2ccccc2)nc2ccccc21. The van der Waals surface area contributed by atoms with Crippen LogP contribution in [0.25, 0.3) is 11.0 Å². The number of nitrogens with zero attached hydrogens (tertiary/aromatic N) is 2. The van der Waals surface area contributed by atoms with E-state index >= 15 is 0 Å². The second-order valence-corrected chi connectivity index (χ2v) is 7.55. The molecule has 2 nitrogen and oxygen atoms in total. The molecule has 0 spiro atoms. The van der Waals surface area contributed by atoms with E-state index in [0.717, 1.165) is 24.3 Å². The predicted molar refractivity (Wildman–Crippen MR) is 113 cm³/mol. The highest BCUT2D eigenvalue weighted by Crippen LogP contribution is 2.33. The topological polar surface area (TPSA) is 17.8 Å². The van der Waals surface area contributed by atoms with Gasteiger partial charge in [0, 0.05) is 6.54 Å². The van der Waals surface area contributed by atoms with Crippen molar-refractivity contribution < 1.29 is 0 Å². The van der Waals surface area contributed by atoms with Crippen LogP contribution in [0.5, 0.6) is 0 Å². The minimum Gasteiger partial charge on any atom is -0.327 e. The zero-order valence-corrected chi connectivity index (χ0v) is 16.0. The van der Waals surface area contributed by atoms with Gasteiger partial charge in [-0.2, -0.15) is 0 Å². The maximum Gasteiger partial charge on any atom is 0.121 e. The van der Waals surface area contributed by atoms with Gasteiger partial charge in [0.25, 0.3) is 0 Å². The molecule has 3 aromatic carbocycles. The zero-order chi connectivity index (χ0) is 18.6. The van der Waals surface area contributed by atoms with Gasteiger partial charge >= 0.3 is 0 Å². The standard InChI is InChI=1S/C25H26N2/c1-19(2)17-18-27-23-16-10-9-15-22(23)26-25(27)24(20-11-5-3-6-12-20)21-13-7-4-8-14-21/h3-16,19,24H,17-18H2,1-2H3. The summed E-state index contributed by atoms with van der Waals surface area (Å²) in [5, 5.41) is 0. The lowest BCUT2D eigenvalue weighted by molar-refractivity contribution is 0.510. The van der Waals surface area contributed by atoms with Crippen molar-refractivity contribution in [2.24, 2.45) is 5.92 Å². The molecule has 2 heteroatoms. The number of imidazole rings is 1. The summed E-state index contributed by atoms with van der Waals surface area (Å²) in [4.78, 5) is 5.11. The molecule has 0 atom stereocenters. The molecule has 136 valence electrons. The highest BCUT2D eigenvalue weighted by atomic mass is 15.1. The highest BCUT2D eigenvalue weighted by molar-refractivity contribution is 5.76. The summed E-state index contributed by atoms with van der Waals surface area (Å²) in [6.07, 6.45) is 1.14. The Morgan fingerprint density at radius 1 is 0.741 bits per heavy atom. The van der Waals surface area contributed by atoms with Gasteiger partial charge in [0.2, 0.25) is 0 Å². The van der Waals surface area contributed by atoms with E-state index in [9.17, 15) is 0 Å². The van der Waals surface area contributed by atoms with Gasteiger partial charge in [0.1, 0.15) is 5.82 Å². The first-order chi connectivity index (χ1) is 13.2. The van der Waals surface area contributed by atoms with E-state index in [1.54, 1.807) is 0 Å². The van der Waals surface area contributed by atoms with Crippen LogP contribution in [0.15, 0.2) is 84.9 Å². The van der Waals surface area contributed by atoms with Gasteiger partial charge in [-0.05, 0) is 35.6 Å². The van der Waals surface area contributed by atoms with Crippen LogP contribution in [0.1, 0.15) is 43.1 Å². The highest BCUT2D eigenvalue weighted by Gasteiger charge is 2.23. The molecule has 0 aliphatic rings. The number of para-hydroxylation sites is 2. The van der Waals surface area contributed by atoms with Gasteiger partial charge in [-0.3, -0.25) is 0 Å². The van der Waals surface area contributed by atoms with Crippen LogP contribution < -0.4 is 0 Å². The van der Waals surface area contributed by atoms with E-state index < -0.39 is 0 Å². The van der Waals surface area contributed by atoms with Crippen molar-refractivity contribution in [3.63, 3.8) is 0 Å². The number of aryl methyl sites for hydroxylation is 1. The fourth-order valence-electron chi connectivity index (χ4n) is 3.72. The first-order valence-electron chi connectivity index (χ1n) is 9.79. The minimum atomic E-state index is 0.131. The van der Waals surface area contributed by atoms with Crippen molar-refractivity contribution in [2.75, 3.05) is 0 Å². The summed E-state index contributed by atoms with van der Waals surface area (Å²) in [6.45, 7) is 5.55. The fraction of sp³-hybridized carbons (Fsp3) is 0.240. The Morgan fingerprint density at radius 3 is 1.89 bits per heavy atom. The molecular weight excluding hydrogens is 328 g/mol. The lowest BCUT2D eigenvalue weighted by atomic mass is 9.90. The molecule has 0 N–H and O–H groups in total. The average Bonchev–Trinajstić information content (AvgIpc) is 3.06. The van der Waals surface area contributed by atoms with Crippen molar-refractivity contribution >= 4 is 11.0 Å². The molecule has 27 heavy (non-hydrogen) atoms. The largest absolute Gasteiger partial charge is 0.327 e. The van der Waals surface area contributed by atoms with Crippen molar-refractivity contribution in [2.45, 2.75) is 32.7 Å². The molecule has 0 saturated heterocycles. The van der Waals surface area contributed by atoms with Crippen molar-refractivity contribution in [3.8, 4) is 0 Å². The van der Waals surface area contributed by atoms with Gasteiger partial charge in [0.15, 0.2) is 0 Å². The third kappa shape index (κ3) is 3.66. The number of fused-ring (bicyclic) bond motifs is 1. The molecule has 1 aromatic heterocycles. The van der Waals surface area contributed by atoms with Gasteiger partial charge in [-0.15, -0.1) is 0 Å². The molecule has 0 amide bonds. The van der Waals surface area contributed by atoms with E-state index in [1.807, 2.05) is 0 Å². The van der Waals surface area contributed by atoms with E-state index in [0.29, 0.717) is 5.92 Å². The Kier molecular flexibility index (Phi) is 5.06. The molecule has 4 rings (SSSR count). The second kappa shape index (κ2) is 7.79. The van der Waals surface area contributed by atoms with Crippen LogP contribution in [0.2, 0.25) is 0 Å². The quantitative estimate of drug-likeness (QED) is 0.399. The summed E-state index contributed by atoms with van der Waals surface area (Å²) in [7, 11) is 0. The Hall–Kier alpha value is -2.87. The molecule has 0 unspecified atom stereocenters. The number of hydrogen-bond donors (Lipinski definition) is 0. The smallest absolute Gasteiger partial charge is 0.121 e. The summed E-state index contributed by atoms with van der Waals surface area (Å²) >= 11 is 0. The maximum atomic E-state index is 5.11. The van der Waals surface area contributed by atoms with Gasteiger partial charge < -0.3 is 4.57 Å². The summed E-state index contributed by atoms with van der Waals surface area (Å²) < 4.78 is 2.43. The normalized spacial score (nSPS) is 11.6. The van der Waals surface area contributed by atoms with Crippen molar-refractivity contribution in [1.82, 2.24) is 9.55 Å². The van der Waals surface area contributed by atoms with E-state index in [2.05, 4.69) is 103 Å². The number of rotatable bonds is 6. The van der Waals surface area contributed by atoms with E-state index in [-0.39, 0.29) is 5.92 Å². The Bertz CT molecular complexity index is 961. The molecule has 0 bridgehead atoms. The van der Waals surface area contributed by atoms with E-state index in [1.165, 1.54) is 16.6 Å². The van der Waals surface area contributed by atoms with Crippen LogP contribution in [0, 0.1) is 5.92 Å². The minimum absolute atomic E-state index is 0.131. The van der Waals surface area contributed by atoms with E-state index in [4.69, 9.17) is 4.98 Å². The van der Waals surface area contributed by atoms with Crippen LogP contribution in [-0.2, 0) is 6.54 Å². The molecule has 0 saturated carbocycles. The fourth-order valence-corrected chi connectivity index (χ4v) is 3.72. The molecule has 0 radical (unpaired) electrons. The van der Waals surface area contributed by atoms with Crippen LogP contribution in [0.4, 0.5) is 0 Å². The lowest BCUT2D eigenvalue weighted by Gasteiger charge is -2.20. The Balaban J connectivity index is 1.92. The number of benzene rings is 3. The average molecular weight is 354 g/mol. The second-order valence-electron chi connectivity index (χ2n) is 7.55.